The second-order valence-electron chi connectivity index (χ2n) is 7.95. The Labute approximate surface area is 195 Å². The molecule has 0 bridgehead atoms. The van der Waals surface area contributed by atoms with Crippen molar-refractivity contribution in [3.05, 3.63) is 94.5 Å². The average molecular weight is 452 g/mol. The van der Waals surface area contributed by atoms with Gasteiger partial charge < -0.3 is 30.1 Å². The van der Waals surface area contributed by atoms with Crippen molar-refractivity contribution in [2.24, 2.45) is 0 Å². The number of hydrogen-bond donors (Lipinski definition) is 4. The molecule has 0 amide bonds. The van der Waals surface area contributed by atoms with Crippen LogP contribution in [0, 0.1) is 0 Å². The Balaban J connectivity index is 1.39. The van der Waals surface area contributed by atoms with Crippen LogP contribution in [0.15, 0.2) is 66.7 Å². The van der Waals surface area contributed by atoms with Gasteiger partial charge in [0.1, 0.15) is 11.5 Å². The summed E-state index contributed by atoms with van der Waals surface area (Å²) in [5.41, 5.74) is 4.55. The number of ether oxygens (including phenoxy) is 2. The number of aliphatic hydroxyl groups is 2. The quantitative estimate of drug-likeness (QED) is 0.297. The molecule has 0 heterocycles. The first-order chi connectivity index (χ1) is 16.1. The summed E-state index contributed by atoms with van der Waals surface area (Å²) in [4.78, 5) is 0. The molecule has 0 aliphatic heterocycles. The third-order valence-corrected chi connectivity index (χ3v) is 5.56. The number of nitrogens with one attached hydrogen (secondary N) is 1. The van der Waals surface area contributed by atoms with Gasteiger partial charge in [-0.05, 0) is 59.8 Å². The second-order valence-corrected chi connectivity index (χ2v) is 7.95. The maximum absolute atomic E-state index is 10.4. The summed E-state index contributed by atoms with van der Waals surface area (Å²) in [6.45, 7) is 2.03. The molecule has 33 heavy (non-hydrogen) atoms. The lowest BCUT2D eigenvalue weighted by Crippen LogP contribution is -2.23. The van der Waals surface area contributed by atoms with Gasteiger partial charge in [-0.3, -0.25) is 0 Å². The maximum atomic E-state index is 10.4. The van der Waals surface area contributed by atoms with Crippen molar-refractivity contribution >= 4 is 0 Å². The summed E-state index contributed by atoms with van der Waals surface area (Å²) in [7, 11) is 1.68. The highest BCUT2D eigenvalue weighted by molar-refractivity contribution is 5.36. The molecule has 0 radical (unpaired) electrons. The van der Waals surface area contributed by atoms with Gasteiger partial charge in [0.05, 0.1) is 33.0 Å². The van der Waals surface area contributed by atoms with Gasteiger partial charge in [-0.2, -0.15) is 0 Å². The Kier molecular flexibility index (Phi) is 9.72. The van der Waals surface area contributed by atoms with Crippen LogP contribution in [0.25, 0.3) is 0 Å². The molecule has 0 aliphatic carbocycles. The van der Waals surface area contributed by atoms with Crippen LogP contribution in [0.3, 0.4) is 0 Å². The zero-order valence-corrected chi connectivity index (χ0v) is 19.0. The Morgan fingerprint density at radius 2 is 1.73 bits per heavy atom. The molecule has 1 atom stereocenters. The van der Waals surface area contributed by atoms with Gasteiger partial charge >= 0.3 is 0 Å². The van der Waals surface area contributed by atoms with Crippen molar-refractivity contribution < 1.29 is 24.8 Å². The second kappa shape index (κ2) is 13.0. The Bertz CT molecular complexity index is 1010. The van der Waals surface area contributed by atoms with E-state index in [1.165, 1.54) is 11.6 Å². The number of aromatic hydroxyl groups is 1. The predicted octanol–water partition coefficient (Wildman–Crippen LogP) is 3.52. The van der Waals surface area contributed by atoms with E-state index < -0.39 is 6.10 Å². The topological polar surface area (TPSA) is 91.2 Å². The maximum Gasteiger partial charge on any atom is 0.122 e. The normalized spacial score (nSPS) is 12.0. The molecule has 0 aromatic heterocycles. The van der Waals surface area contributed by atoms with Crippen LogP contribution < -0.4 is 10.1 Å². The fourth-order valence-corrected chi connectivity index (χ4v) is 3.69. The highest BCUT2D eigenvalue weighted by Gasteiger charge is 2.10. The van der Waals surface area contributed by atoms with E-state index in [1.54, 1.807) is 19.2 Å². The zero-order chi connectivity index (χ0) is 23.5. The molecule has 6 nitrogen and oxygen atoms in total. The van der Waals surface area contributed by atoms with Gasteiger partial charge in [-0.25, -0.2) is 0 Å². The minimum atomic E-state index is -0.709. The summed E-state index contributed by atoms with van der Waals surface area (Å²) >= 11 is 0. The van der Waals surface area contributed by atoms with Gasteiger partial charge in [0.2, 0.25) is 0 Å². The van der Waals surface area contributed by atoms with Crippen molar-refractivity contribution in [3.63, 3.8) is 0 Å². The van der Waals surface area contributed by atoms with Crippen molar-refractivity contribution in [2.45, 2.75) is 32.2 Å². The van der Waals surface area contributed by atoms with E-state index in [2.05, 4.69) is 29.6 Å². The van der Waals surface area contributed by atoms with E-state index in [4.69, 9.17) is 9.47 Å². The molecular formula is C27H33NO5. The SMILES string of the molecule is COc1ccccc1CCOCc1cccc(CCNC[C@H](O)c2ccc(O)c(CO)c2)c1. The van der Waals surface area contributed by atoms with E-state index in [1.807, 2.05) is 24.3 Å². The highest BCUT2D eigenvalue weighted by Crippen LogP contribution is 2.22. The summed E-state index contributed by atoms with van der Waals surface area (Å²) in [5.74, 6) is 0.921. The minimum absolute atomic E-state index is 0.0325. The number of rotatable bonds is 13. The van der Waals surface area contributed by atoms with Crippen molar-refractivity contribution in [1.29, 1.82) is 0 Å². The predicted molar refractivity (Wildman–Crippen MR) is 128 cm³/mol. The first-order valence-electron chi connectivity index (χ1n) is 11.2. The standard InChI is InChI=1S/C27H33NO5/c1-32-27-8-3-2-7-22(27)12-14-33-19-21-6-4-5-20(15-21)11-13-28-17-26(31)23-9-10-25(30)24(16-23)18-29/h2-10,15-16,26,28-31H,11-14,17-19H2,1H3/t26-/m0/s1. The number of para-hydroxylation sites is 1. The molecule has 3 aromatic carbocycles. The number of methoxy groups -OCH3 is 1. The van der Waals surface area contributed by atoms with Crippen LogP contribution >= 0.6 is 0 Å². The summed E-state index contributed by atoms with van der Waals surface area (Å²) in [6.07, 6.45) is 0.926. The molecule has 0 aliphatic rings. The summed E-state index contributed by atoms with van der Waals surface area (Å²) in [6, 6.07) is 21.1. The smallest absolute Gasteiger partial charge is 0.122 e. The molecule has 0 unspecified atom stereocenters. The van der Waals surface area contributed by atoms with E-state index in [9.17, 15) is 15.3 Å². The lowest BCUT2D eigenvalue weighted by atomic mass is 10.0. The van der Waals surface area contributed by atoms with Gasteiger partial charge in [-0.15, -0.1) is 0 Å². The average Bonchev–Trinajstić information content (AvgIpc) is 2.85. The molecule has 176 valence electrons. The van der Waals surface area contributed by atoms with E-state index in [0.717, 1.165) is 36.3 Å². The number of benzene rings is 3. The molecule has 6 heteroatoms. The van der Waals surface area contributed by atoms with E-state index in [0.29, 0.717) is 30.9 Å². The first kappa shape index (κ1) is 24.7. The van der Waals surface area contributed by atoms with Gasteiger partial charge in [0.15, 0.2) is 0 Å². The molecule has 3 aromatic rings. The first-order valence-corrected chi connectivity index (χ1v) is 11.2. The minimum Gasteiger partial charge on any atom is -0.508 e. The molecular weight excluding hydrogens is 418 g/mol. The van der Waals surface area contributed by atoms with Crippen LogP contribution in [0.2, 0.25) is 0 Å². The molecule has 0 spiro atoms. The third kappa shape index (κ3) is 7.58. The number of hydrogen-bond acceptors (Lipinski definition) is 6. The monoisotopic (exact) mass is 451 g/mol. The fraction of sp³-hybridized carbons (Fsp3) is 0.333. The van der Waals surface area contributed by atoms with Crippen LogP contribution in [-0.4, -0.2) is 42.1 Å². The summed E-state index contributed by atoms with van der Waals surface area (Å²) < 4.78 is 11.3. The molecule has 0 fully saturated rings. The molecule has 0 saturated carbocycles. The van der Waals surface area contributed by atoms with Gasteiger partial charge in [0.25, 0.3) is 0 Å². The molecule has 4 N–H and O–H groups in total. The van der Waals surface area contributed by atoms with Gasteiger partial charge in [-0.1, -0.05) is 48.5 Å². The van der Waals surface area contributed by atoms with E-state index in [-0.39, 0.29) is 12.4 Å². The van der Waals surface area contributed by atoms with Crippen LogP contribution in [0.4, 0.5) is 0 Å². The van der Waals surface area contributed by atoms with Crippen LogP contribution in [-0.2, 0) is 30.8 Å². The number of aliphatic hydroxyl groups excluding tert-OH is 2. The lowest BCUT2D eigenvalue weighted by Gasteiger charge is -2.14. The Morgan fingerprint density at radius 1 is 0.909 bits per heavy atom. The highest BCUT2D eigenvalue weighted by atomic mass is 16.5. The van der Waals surface area contributed by atoms with Crippen molar-refractivity contribution in [1.82, 2.24) is 5.32 Å². The third-order valence-electron chi connectivity index (χ3n) is 5.56. The Hall–Kier alpha value is -2.90. The number of phenols is 1. The van der Waals surface area contributed by atoms with Crippen LogP contribution in [0.1, 0.15) is 33.9 Å². The van der Waals surface area contributed by atoms with Crippen LogP contribution in [0.5, 0.6) is 11.5 Å². The van der Waals surface area contributed by atoms with E-state index >= 15 is 0 Å². The largest absolute Gasteiger partial charge is 0.508 e. The fourth-order valence-electron chi connectivity index (χ4n) is 3.69. The van der Waals surface area contributed by atoms with Crippen molar-refractivity contribution in [3.8, 4) is 11.5 Å². The molecule has 0 saturated heterocycles. The Morgan fingerprint density at radius 3 is 2.55 bits per heavy atom. The summed E-state index contributed by atoms with van der Waals surface area (Å²) in [5, 5.41) is 32.5. The lowest BCUT2D eigenvalue weighted by molar-refractivity contribution is 0.123. The van der Waals surface area contributed by atoms with Crippen molar-refractivity contribution in [2.75, 3.05) is 26.8 Å². The zero-order valence-electron chi connectivity index (χ0n) is 19.0. The van der Waals surface area contributed by atoms with Gasteiger partial charge in [0, 0.05) is 12.1 Å². The molecule has 3 rings (SSSR count).